The number of carbonyl (C=O) groups excluding carboxylic acids is 1. The third-order valence-electron chi connectivity index (χ3n) is 6.10. The van der Waals surface area contributed by atoms with Crippen molar-refractivity contribution in [3.05, 3.63) is 106 Å². The Balaban J connectivity index is 2.10. The van der Waals surface area contributed by atoms with Gasteiger partial charge >= 0.3 is 5.69 Å². The predicted octanol–water partition coefficient (Wildman–Crippen LogP) is 5.31. The molecule has 0 saturated heterocycles. The minimum absolute atomic E-state index is 0.133. The van der Waals surface area contributed by atoms with Gasteiger partial charge in [-0.05, 0) is 54.1 Å². The molecule has 0 bridgehead atoms. The maximum absolute atomic E-state index is 13.9. The van der Waals surface area contributed by atoms with Crippen LogP contribution in [0.25, 0.3) is 22.4 Å². The first kappa shape index (κ1) is 23.6. The zero-order chi connectivity index (χ0) is 25.1. The molecule has 35 heavy (non-hydrogen) atoms. The van der Waals surface area contributed by atoms with E-state index in [1.807, 2.05) is 30.3 Å². The van der Waals surface area contributed by atoms with Crippen LogP contribution in [0.1, 0.15) is 21.6 Å². The molecule has 0 radical (unpaired) electrons. The molecule has 7 heteroatoms. The highest BCUT2D eigenvalue weighted by Gasteiger charge is 2.38. The molecule has 4 rings (SSSR count). The van der Waals surface area contributed by atoms with Crippen LogP contribution < -0.4 is 14.0 Å². The van der Waals surface area contributed by atoms with Crippen LogP contribution in [0, 0.1) is 17.0 Å². The van der Waals surface area contributed by atoms with Crippen molar-refractivity contribution in [1.29, 1.82) is 0 Å². The number of methoxy groups -OCH3 is 2. The van der Waals surface area contributed by atoms with Crippen molar-refractivity contribution in [2.75, 3.05) is 14.2 Å². The topological polar surface area (TPSA) is 82.5 Å². The molecule has 0 aliphatic rings. The van der Waals surface area contributed by atoms with Crippen molar-refractivity contribution in [2.24, 2.45) is 7.05 Å². The highest BCUT2D eigenvalue weighted by molar-refractivity contribution is 6.15. The van der Waals surface area contributed by atoms with Gasteiger partial charge in [0.2, 0.25) is 0 Å². The molecule has 0 saturated carbocycles. The summed E-state index contributed by atoms with van der Waals surface area (Å²) in [6.45, 7) is 1.81. The minimum Gasteiger partial charge on any atom is -0.497 e. The number of nitrogens with zero attached hydrogens (tertiary/aromatic N) is 2. The summed E-state index contributed by atoms with van der Waals surface area (Å²) in [5.41, 5.74) is 3.09. The molecule has 0 N–H and O–H groups in total. The number of ketones is 1. The molecule has 7 nitrogen and oxygen atoms in total. The quantitative estimate of drug-likeness (QED) is 0.159. The van der Waals surface area contributed by atoms with Gasteiger partial charge in [-0.25, -0.2) is 0 Å². The number of nitro groups is 1. The summed E-state index contributed by atoms with van der Waals surface area (Å²) in [5.74, 6) is 0.916. The second-order valence-electron chi connectivity index (χ2n) is 8.00. The summed E-state index contributed by atoms with van der Waals surface area (Å²) in [5, 5.41) is 12.6. The molecule has 0 unspecified atom stereocenters. The number of ether oxygens (including phenoxy) is 2. The van der Waals surface area contributed by atoms with Crippen molar-refractivity contribution >= 4 is 11.5 Å². The average molecular weight is 470 g/mol. The monoisotopic (exact) mass is 469 g/mol. The van der Waals surface area contributed by atoms with Gasteiger partial charge in [0.1, 0.15) is 24.1 Å². The van der Waals surface area contributed by atoms with Crippen molar-refractivity contribution in [1.82, 2.24) is 0 Å². The minimum atomic E-state index is -0.411. The van der Waals surface area contributed by atoms with Gasteiger partial charge < -0.3 is 9.47 Å². The van der Waals surface area contributed by atoms with E-state index in [0.29, 0.717) is 39.6 Å². The second kappa shape index (κ2) is 9.77. The van der Waals surface area contributed by atoms with Crippen LogP contribution in [-0.2, 0) is 7.05 Å². The average Bonchev–Trinajstić information content (AvgIpc) is 2.89. The Kier molecular flexibility index (Phi) is 6.59. The molecule has 1 aromatic heterocycles. The van der Waals surface area contributed by atoms with Gasteiger partial charge in [0, 0.05) is 12.5 Å². The second-order valence-corrected chi connectivity index (χ2v) is 8.00. The third-order valence-corrected chi connectivity index (χ3v) is 6.10. The number of aromatic nitrogens is 1. The zero-order valence-electron chi connectivity index (χ0n) is 19.9. The summed E-state index contributed by atoms with van der Waals surface area (Å²) < 4.78 is 12.2. The first-order valence-corrected chi connectivity index (χ1v) is 11.0. The number of hydrogen-bond acceptors (Lipinski definition) is 5. The van der Waals surface area contributed by atoms with Crippen LogP contribution >= 0.6 is 0 Å². The van der Waals surface area contributed by atoms with Crippen LogP contribution in [0.15, 0.2) is 78.9 Å². The fourth-order valence-electron chi connectivity index (χ4n) is 4.22. The standard InChI is InChI=1S/C28H25N2O5/c1-18-24(28(31)21-12-16-23(35-4)17-13-21)25(19-10-14-22(34-3)15-11-19)27(30(32)33)26(29(18)2)20-8-6-5-7-9-20/h5-17H,1-4H3/q+1. The lowest BCUT2D eigenvalue weighted by atomic mass is 9.89. The molecule has 0 atom stereocenters. The van der Waals surface area contributed by atoms with Gasteiger partial charge in [0.05, 0.1) is 30.3 Å². The van der Waals surface area contributed by atoms with Gasteiger partial charge in [-0.2, -0.15) is 4.57 Å². The van der Waals surface area contributed by atoms with Crippen LogP contribution in [0.4, 0.5) is 5.69 Å². The summed E-state index contributed by atoms with van der Waals surface area (Å²) in [6, 6.07) is 22.8. The Morgan fingerprint density at radius 3 is 1.89 bits per heavy atom. The fraction of sp³-hybridized carbons (Fsp3) is 0.143. The van der Waals surface area contributed by atoms with E-state index in [1.54, 1.807) is 81.3 Å². The Bertz CT molecular complexity index is 1400. The van der Waals surface area contributed by atoms with Crippen molar-refractivity contribution in [2.45, 2.75) is 6.92 Å². The highest BCUT2D eigenvalue weighted by atomic mass is 16.6. The first-order chi connectivity index (χ1) is 16.9. The van der Waals surface area contributed by atoms with E-state index in [9.17, 15) is 14.9 Å². The van der Waals surface area contributed by atoms with Gasteiger partial charge in [0.15, 0.2) is 11.5 Å². The molecule has 0 fully saturated rings. The molecule has 3 aromatic carbocycles. The largest absolute Gasteiger partial charge is 0.497 e. The van der Waals surface area contributed by atoms with Crippen LogP contribution in [0.3, 0.4) is 0 Å². The lowest BCUT2D eigenvalue weighted by molar-refractivity contribution is -0.669. The Morgan fingerprint density at radius 1 is 0.829 bits per heavy atom. The highest BCUT2D eigenvalue weighted by Crippen LogP contribution is 2.41. The number of hydrogen-bond donors (Lipinski definition) is 0. The van der Waals surface area contributed by atoms with E-state index in [4.69, 9.17) is 9.47 Å². The molecular formula is C28H25N2O5+. The molecular weight excluding hydrogens is 444 g/mol. The SMILES string of the molecule is COc1ccc(C(=O)c2c(-c3ccc(OC)cc3)c([N+](=O)[O-])c(-c3ccccc3)[n+](C)c2C)cc1. The van der Waals surface area contributed by atoms with E-state index in [2.05, 4.69) is 0 Å². The molecule has 4 aromatic rings. The predicted molar refractivity (Wildman–Crippen MR) is 133 cm³/mol. The summed E-state index contributed by atoms with van der Waals surface area (Å²) in [7, 11) is 4.85. The van der Waals surface area contributed by atoms with Crippen LogP contribution in [-0.4, -0.2) is 24.9 Å². The Morgan fingerprint density at radius 2 is 1.37 bits per heavy atom. The van der Waals surface area contributed by atoms with Gasteiger partial charge in [-0.1, -0.05) is 30.3 Å². The van der Waals surface area contributed by atoms with Crippen LogP contribution in [0.2, 0.25) is 0 Å². The third kappa shape index (κ3) is 4.36. The summed E-state index contributed by atoms with van der Waals surface area (Å²) in [4.78, 5) is 26.1. The molecule has 0 aliphatic carbocycles. The molecule has 0 aliphatic heterocycles. The summed E-state index contributed by atoms with van der Waals surface area (Å²) >= 11 is 0. The molecule has 176 valence electrons. The Hall–Kier alpha value is -4.52. The molecule has 1 heterocycles. The lowest BCUT2D eigenvalue weighted by Crippen LogP contribution is -2.38. The van der Waals surface area contributed by atoms with E-state index >= 15 is 0 Å². The summed E-state index contributed by atoms with van der Waals surface area (Å²) in [6.07, 6.45) is 0. The van der Waals surface area contributed by atoms with Gasteiger partial charge in [-0.15, -0.1) is 0 Å². The van der Waals surface area contributed by atoms with E-state index in [-0.39, 0.29) is 22.6 Å². The number of rotatable bonds is 7. The smallest absolute Gasteiger partial charge is 0.349 e. The van der Waals surface area contributed by atoms with Crippen molar-refractivity contribution in [3.63, 3.8) is 0 Å². The number of pyridine rings is 1. The fourth-order valence-corrected chi connectivity index (χ4v) is 4.22. The van der Waals surface area contributed by atoms with E-state index < -0.39 is 4.92 Å². The maximum Gasteiger partial charge on any atom is 0.349 e. The van der Waals surface area contributed by atoms with Gasteiger partial charge in [0.25, 0.3) is 5.69 Å². The van der Waals surface area contributed by atoms with Crippen molar-refractivity contribution < 1.29 is 23.8 Å². The molecule has 0 amide bonds. The zero-order valence-corrected chi connectivity index (χ0v) is 19.9. The normalized spacial score (nSPS) is 10.6. The van der Waals surface area contributed by atoms with E-state index in [1.165, 1.54) is 0 Å². The molecule has 0 spiro atoms. The van der Waals surface area contributed by atoms with E-state index in [0.717, 1.165) is 0 Å². The van der Waals surface area contributed by atoms with Crippen LogP contribution in [0.5, 0.6) is 11.5 Å². The van der Waals surface area contributed by atoms with Gasteiger partial charge in [-0.3, -0.25) is 14.9 Å². The number of carbonyl (C=O) groups is 1. The van der Waals surface area contributed by atoms with Crippen molar-refractivity contribution in [3.8, 4) is 33.9 Å². The maximum atomic E-state index is 13.9. The number of benzene rings is 3. The lowest BCUT2D eigenvalue weighted by Gasteiger charge is -2.15. The Labute approximate surface area is 203 Å². The first-order valence-electron chi connectivity index (χ1n) is 11.0.